The Hall–Kier alpha value is -1.06. The minimum Gasteiger partial charge on any atom is -0.399 e. The molecule has 0 heterocycles. The number of hydrogen-bond donors (Lipinski definition) is 3. The predicted octanol–water partition coefficient (Wildman–Crippen LogP) is 2.35. The van der Waals surface area contributed by atoms with Crippen LogP contribution in [0.2, 0.25) is 0 Å². The fraction of sp³-hybridized carbons (Fsp3) is 0.538. The van der Waals surface area contributed by atoms with Gasteiger partial charge >= 0.3 is 0 Å². The van der Waals surface area contributed by atoms with Gasteiger partial charge in [0.2, 0.25) is 0 Å². The number of benzene rings is 1. The lowest BCUT2D eigenvalue weighted by Gasteiger charge is -1.90. The van der Waals surface area contributed by atoms with Gasteiger partial charge in [-0.3, -0.25) is 0 Å². The van der Waals surface area contributed by atoms with Gasteiger partial charge in [-0.15, -0.1) is 0 Å². The van der Waals surface area contributed by atoms with E-state index in [0.29, 0.717) is 13.2 Å². The van der Waals surface area contributed by atoms with Crippen LogP contribution in [0.15, 0.2) is 24.3 Å². The van der Waals surface area contributed by atoms with E-state index in [-0.39, 0.29) is 0 Å². The highest BCUT2D eigenvalue weighted by Crippen LogP contribution is 2.02. The molecule has 0 saturated carbocycles. The van der Waals surface area contributed by atoms with Crippen molar-refractivity contribution >= 4 is 5.69 Å². The minimum absolute atomic E-state index is 0.319. The molecule has 0 aromatic heterocycles. The van der Waals surface area contributed by atoms with Gasteiger partial charge in [0.1, 0.15) is 0 Å². The van der Waals surface area contributed by atoms with E-state index in [1.54, 1.807) is 0 Å². The molecule has 94 valence electrons. The lowest BCUT2D eigenvalue weighted by molar-refractivity contribution is 0.294. The van der Waals surface area contributed by atoms with Gasteiger partial charge in [-0.25, -0.2) is 0 Å². The molecule has 1 aromatic carbocycles. The molecule has 0 fully saturated rings. The molecule has 0 bridgehead atoms. The highest BCUT2D eigenvalue weighted by Gasteiger charge is 1.80. The second-order valence-corrected chi connectivity index (χ2v) is 3.36. The van der Waals surface area contributed by atoms with Crippen LogP contribution in [0, 0.1) is 6.92 Å². The molecule has 0 atom stereocenters. The van der Waals surface area contributed by atoms with Crippen LogP contribution in [0.5, 0.6) is 0 Å². The van der Waals surface area contributed by atoms with Crippen LogP contribution in [-0.4, -0.2) is 23.4 Å². The molecule has 1 aromatic rings. The molecule has 0 radical (unpaired) electrons. The molecule has 1 rings (SSSR count). The summed E-state index contributed by atoms with van der Waals surface area (Å²) in [6.45, 7) is 6.54. The lowest BCUT2D eigenvalue weighted by atomic mass is 10.2. The Morgan fingerprint density at radius 2 is 1.25 bits per heavy atom. The Balaban J connectivity index is 0. The van der Waals surface area contributed by atoms with E-state index in [1.165, 1.54) is 5.56 Å². The first-order valence-corrected chi connectivity index (χ1v) is 5.66. The Morgan fingerprint density at radius 3 is 1.44 bits per heavy atom. The number of anilines is 1. The smallest absolute Gasteiger partial charge is 0.0428 e. The summed E-state index contributed by atoms with van der Waals surface area (Å²) in [5.74, 6) is 0. The van der Waals surface area contributed by atoms with E-state index < -0.39 is 0 Å². The molecule has 0 unspecified atom stereocenters. The van der Waals surface area contributed by atoms with Crippen molar-refractivity contribution in [2.75, 3.05) is 18.9 Å². The van der Waals surface area contributed by atoms with Crippen LogP contribution in [0.25, 0.3) is 0 Å². The fourth-order valence-corrected chi connectivity index (χ4v) is 0.566. The third-order valence-electron chi connectivity index (χ3n) is 1.52. The molecule has 0 saturated heterocycles. The van der Waals surface area contributed by atoms with E-state index in [1.807, 2.05) is 45.0 Å². The Bertz CT molecular complexity index is 193. The van der Waals surface area contributed by atoms with Crippen LogP contribution >= 0.6 is 0 Å². The van der Waals surface area contributed by atoms with Crippen molar-refractivity contribution in [1.82, 2.24) is 0 Å². The van der Waals surface area contributed by atoms with Crippen LogP contribution in [-0.2, 0) is 0 Å². The maximum atomic E-state index is 7.88. The van der Waals surface area contributed by atoms with E-state index >= 15 is 0 Å². The molecule has 3 heteroatoms. The molecule has 0 aliphatic heterocycles. The standard InChI is InChI=1S/C7H9N.2C3H8O/c1-6-2-4-7(8)5-3-6;2*1-2-3-4/h2-5H,8H2,1H3;2*4H,2-3H2,1H3. The number of nitrogen functional groups attached to an aromatic ring is 1. The monoisotopic (exact) mass is 227 g/mol. The van der Waals surface area contributed by atoms with Gasteiger partial charge < -0.3 is 15.9 Å². The zero-order chi connectivity index (χ0) is 12.8. The van der Waals surface area contributed by atoms with E-state index in [2.05, 4.69) is 0 Å². The van der Waals surface area contributed by atoms with Gasteiger partial charge in [-0.05, 0) is 31.9 Å². The second kappa shape index (κ2) is 13.9. The normalized spacial score (nSPS) is 8.31. The topological polar surface area (TPSA) is 66.5 Å². The average molecular weight is 227 g/mol. The van der Waals surface area contributed by atoms with Crippen LogP contribution in [0.4, 0.5) is 5.69 Å². The van der Waals surface area contributed by atoms with Crippen molar-refractivity contribution in [1.29, 1.82) is 0 Å². The molecular formula is C13H25NO2. The summed E-state index contributed by atoms with van der Waals surface area (Å²) in [7, 11) is 0. The van der Waals surface area contributed by atoms with Crippen molar-refractivity contribution in [2.45, 2.75) is 33.6 Å². The summed E-state index contributed by atoms with van der Waals surface area (Å²) in [6, 6.07) is 7.79. The quantitative estimate of drug-likeness (QED) is 0.679. The first-order valence-electron chi connectivity index (χ1n) is 5.66. The number of hydrogen-bond acceptors (Lipinski definition) is 3. The van der Waals surface area contributed by atoms with Crippen molar-refractivity contribution < 1.29 is 10.2 Å². The number of aryl methyl sites for hydroxylation is 1. The zero-order valence-corrected chi connectivity index (χ0v) is 10.6. The third-order valence-corrected chi connectivity index (χ3v) is 1.52. The molecule has 3 nitrogen and oxygen atoms in total. The molecule has 4 N–H and O–H groups in total. The van der Waals surface area contributed by atoms with Crippen LogP contribution in [0.3, 0.4) is 0 Å². The van der Waals surface area contributed by atoms with Gasteiger partial charge in [-0.2, -0.15) is 0 Å². The molecular weight excluding hydrogens is 202 g/mol. The average Bonchev–Trinajstić information content (AvgIpc) is 2.33. The summed E-state index contributed by atoms with van der Waals surface area (Å²) in [5.41, 5.74) is 7.51. The van der Waals surface area contributed by atoms with Crippen molar-refractivity contribution in [2.24, 2.45) is 0 Å². The minimum atomic E-state index is 0.319. The van der Waals surface area contributed by atoms with Gasteiger partial charge in [-0.1, -0.05) is 31.5 Å². The highest BCUT2D eigenvalue weighted by atomic mass is 16.3. The predicted molar refractivity (Wildman–Crippen MR) is 70.3 cm³/mol. The van der Waals surface area contributed by atoms with Crippen molar-refractivity contribution in [3.8, 4) is 0 Å². The van der Waals surface area contributed by atoms with Gasteiger partial charge in [0.25, 0.3) is 0 Å². The van der Waals surface area contributed by atoms with Crippen molar-refractivity contribution in [3.05, 3.63) is 29.8 Å². The van der Waals surface area contributed by atoms with Crippen LogP contribution in [0.1, 0.15) is 32.3 Å². The maximum Gasteiger partial charge on any atom is 0.0428 e. The maximum absolute atomic E-state index is 7.88. The Labute approximate surface area is 98.9 Å². The molecule has 16 heavy (non-hydrogen) atoms. The van der Waals surface area contributed by atoms with Gasteiger partial charge in [0.15, 0.2) is 0 Å². The SMILES string of the molecule is CCCO.CCCO.Cc1ccc(N)cc1. The zero-order valence-electron chi connectivity index (χ0n) is 10.6. The lowest BCUT2D eigenvalue weighted by Crippen LogP contribution is -1.81. The first kappa shape index (κ1) is 17.3. The summed E-state index contributed by atoms with van der Waals surface area (Å²) < 4.78 is 0. The number of nitrogens with two attached hydrogens (primary N) is 1. The Morgan fingerprint density at radius 1 is 0.938 bits per heavy atom. The summed E-state index contributed by atoms with van der Waals surface area (Å²) in [5, 5.41) is 15.8. The Kier molecular flexibility index (Phi) is 15.1. The number of rotatable bonds is 2. The third kappa shape index (κ3) is 15.4. The number of aliphatic hydroxyl groups is 2. The van der Waals surface area contributed by atoms with Crippen LogP contribution < -0.4 is 5.73 Å². The second-order valence-electron chi connectivity index (χ2n) is 3.36. The van der Waals surface area contributed by atoms with E-state index in [9.17, 15) is 0 Å². The summed E-state index contributed by atoms with van der Waals surface area (Å²) in [6.07, 6.45) is 1.75. The highest BCUT2D eigenvalue weighted by molar-refractivity contribution is 5.38. The van der Waals surface area contributed by atoms with E-state index in [0.717, 1.165) is 18.5 Å². The van der Waals surface area contributed by atoms with E-state index in [4.69, 9.17) is 15.9 Å². The largest absolute Gasteiger partial charge is 0.399 e. The fourth-order valence-electron chi connectivity index (χ4n) is 0.566. The molecule has 0 amide bonds. The van der Waals surface area contributed by atoms with Gasteiger partial charge in [0, 0.05) is 18.9 Å². The summed E-state index contributed by atoms with van der Waals surface area (Å²) in [4.78, 5) is 0. The first-order chi connectivity index (χ1) is 7.62. The number of aliphatic hydroxyl groups excluding tert-OH is 2. The molecule has 0 aliphatic carbocycles. The molecule has 0 spiro atoms. The van der Waals surface area contributed by atoms with Crippen molar-refractivity contribution in [3.63, 3.8) is 0 Å². The van der Waals surface area contributed by atoms with Gasteiger partial charge in [0.05, 0.1) is 0 Å². The molecule has 0 aliphatic rings. The summed E-state index contributed by atoms with van der Waals surface area (Å²) >= 11 is 0.